The number of hydrogen-bond acceptors (Lipinski definition) is 3. The van der Waals surface area contributed by atoms with Crippen LogP contribution in [0.2, 0.25) is 0 Å². The molecule has 0 fully saturated rings. The molecule has 82 valence electrons. The number of aromatic nitrogens is 1. The van der Waals surface area contributed by atoms with Gasteiger partial charge in [-0.25, -0.2) is 4.39 Å². The van der Waals surface area contributed by atoms with E-state index in [1.807, 2.05) is 17.5 Å². The summed E-state index contributed by atoms with van der Waals surface area (Å²) in [6, 6.07) is 5.00. The smallest absolute Gasteiger partial charge is 0.229 e. The number of nitrogens with zero attached hydrogens (tertiary/aromatic N) is 1. The van der Waals surface area contributed by atoms with Crippen molar-refractivity contribution >= 4 is 22.9 Å². The zero-order valence-electron chi connectivity index (χ0n) is 8.31. The lowest BCUT2D eigenvalue weighted by molar-refractivity contribution is -0.115. The molecule has 0 aromatic carbocycles. The number of carbonyl (C=O) groups excluding carboxylic acids is 1. The fourth-order valence-electron chi connectivity index (χ4n) is 1.26. The van der Waals surface area contributed by atoms with Gasteiger partial charge in [0.05, 0.1) is 24.5 Å². The number of halogens is 1. The third-order valence-corrected chi connectivity index (χ3v) is 2.78. The third-order valence-electron chi connectivity index (χ3n) is 1.90. The number of amides is 1. The number of pyridine rings is 1. The van der Waals surface area contributed by atoms with Gasteiger partial charge in [-0.1, -0.05) is 6.07 Å². The van der Waals surface area contributed by atoms with E-state index in [2.05, 4.69) is 10.3 Å². The largest absolute Gasteiger partial charge is 0.324 e. The fraction of sp³-hybridized carbons (Fsp3) is 0.0909. The Labute approximate surface area is 96.0 Å². The molecule has 0 saturated carbocycles. The first-order chi connectivity index (χ1) is 7.74. The molecule has 0 radical (unpaired) electrons. The van der Waals surface area contributed by atoms with Gasteiger partial charge < -0.3 is 5.32 Å². The minimum atomic E-state index is -0.464. The van der Waals surface area contributed by atoms with E-state index in [0.29, 0.717) is 12.1 Å². The van der Waals surface area contributed by atoms with Gasteiger partial charge in [0.25, 0.3) is 0 Å². The van der Waals surface area contributed by atoms with E-state index in [1.54, 1.807) is 0 Å². The Morgan fingerprint density at radius 2 is 2.38 bits per heavy atom. The maximum atomic E-state index is 12.8. The molecule has 0 unspecified atom stereocenters. The monoisotopic (exact) mass is 236 g/mol. The molecular weight excluding hydrogens is 227 g/mol. The molecule has 2 aromatic heterocycles. The predicted molar refractivity (Wildman–Crippen MR) is 60.8 cm³/mol. The van der Waals surface area contributed by atoms with Crippen molar-refractivity contribution in [2.24, 2.45) is 0 Å². The van der Waals surface area contributed by atoms with Crippen LogP contribution in [-0.2, 0) is 11.2 Å². The van der Waals surface area contributed by atoms with Crippen LogP contribution in [0, 0.1) is 5.82 Å². The number of nitrogens with one attached hydrogen (secondary N) is 1. The van der Waals surface area contributed by atoms with Crippen molar-refractivity contribution in [3.63, 3.8) is 0 Å². The van der Waals surface area contributed by atoms with Crippen LogP contribution in [0.5, 0.6) is 0 Å². The van der Waals surface area contributed by atoms with E-state index in [9.17, 15) is 9.18 Å². The van der Waals surface area contributed by atoms with Gasteiger partial charge in [0.1, 0.15) is 5.82 Å². The molecule has 1 N–H and O–H groups in total. The van der Waals surface area contributed by atoms with Gasteiger partial charge in [-0.2, -0.15) is 0 Å². The lowest BCUT2D eigenvalue weighted by Crippen LogP contribution is -2.13. The van der Waals surface area contributed by atoms with Gasteiger partial charge in [0.2, 0.25) is 5.91 Å². The minimum Gasteiger partial charge on any atom is -0.324 e. The second-order valence-electron chi connectivity index (χ2n) is 3.20. The molecule has 0 bridgehead atoms. The number of anilines is 1. The summed E-state index contributed by atoms with van der Waals surface area (Å²) < 4.78 is 12.8. The summed E-state index contributed by atoms with van der Waals surface area (Å²) in [5.74, 6) is -0.635. The number of carbonyl (C=O) groups is 1. The molecule has 2 rings (SSSR count). The fourth-order valence-corrected chi connectivity index (χ4v) is 1.96. The zero-order valence-corrected chi connectivity index (χ0v) is 9.13. The van der Waals surface area contributed by atoms with Crippen molar-refractivity contribution in [1.29, 1.82) is 0 Å². The number of rotatable bonds is 3. The maximum absolute atomic E-state index is 12.8. The highest BCUT2D eigenvalue weighted by molar-refractivity contribution is 7.10. The Morgan fingerprint density at radius 1 is 1.50 bits per heavy atom. The van der Waals surface area contributed by atoms with E-state index in [1.165, 1.54) is 23.6 Å². The molecule has 0 aliphatic carbocycles. The van der Waals surface area contributed by atoms with E-state index >= 15 is 0 Å². The first-order valence-electron chi connectivity index (χ1n) is 4.67. The third kappa shape index (κ3) is 2.87. The Balaban J connectivity index is 1.97. The Morgan fingerprint density at radius 3 is 3.06 bits per heavy atom. The van der Waals surface area contributed by atoms with E-state index in [0.717, 1.165) is 11.1 Å². The second-order valence-corrected chi connectivity index (χ2v) is 4.23. The average Bonchev–Trinajstić information content (AvgIpc) is 2.70. The summed E-state index contributed by atoms with van der Waals surface area (Å²) in [6.07, 6.45) is 2.80. The lowest BCUT2D eigenvalue weighted by Gasteiger charge is -2.03. The zero-order chi connectivity index (χ0) is 11.4. The predicted octanol–water partition coefficient (Wildman–Crippen LogP) is 2.46. The van der Waals surface area contributed by atoms with Gasteiger partial charge in [-0.3, -0.25) is 9.78 Å². The van der Waals surface area contributed by atoms with Gasteiger partial charge >= 0.3 is 0 Å². The first kappa shape index (κ1) is 10.8. The Kier molecular flexibility index (Phi) is 3.26. The van der Waals surface area contributed by atoms with Gasteiger partial charge in [0, 0.05) is 10.9 Å². The van der Waals surface area contributed by atoms with Crippen molar-refractivity contribution < 1.29 is 9.18 Å². The Bertz CT molecular complexity index is 484. The summed E-state index contributed by atoms with van der Waals surface area (Å²) in [6.45, 7) is 0. The van der Waals surface area contributed by atoms with Gasteiger partial charge in [-0.05, 0) is 11.4 Å². The van der Waals surface area contributed by atoms with Crippen LogP contribution >= 0.6 is 11.3 Å². The summed E-state index contributed by atoms with van der Waals surface area (Å²) in [5.41, 5.74) is 0.376. The summed E-state index contributed by atoms with van der Waals surface area (Å²) in [4.78, 5) is 16.2. The molecule has 16 heavy (non-hydrogen) atoms. The summed E-state index contributed by atoms with van der Waals surface area (Å²) >= 11 is 1.51. The molecule has 0 aliphatic rings. The average molecular weight is 236 g/mol. The van der Waals surface area contributed by atoms with Crippen molar-refractivity contribution in [3.8, 4) is 0 Å². The minimum absolute atomic E-state index is 0.171. The summed E-state index contributed by atoms with van der Waals surface area (Å²) in [7, 11) is 0. The quantitative estimate of drug-likeness (QED) is 0.889. The molecular formula is C11H9FN2OS. The topological polar surface area (TPSA) is 42.0 Å². The van der Waals surface area contributed by atoms with Crippen LogP contribution in [0.15, 0.2) is 36.0 Å². The summed E-state index contributed by atoms with van der Waals surface area (Å²) in [5, 5.41) is 4.50. The molecule has 0 atom stereocenters. The van der Waals surface area contributed by atoms with Crippen molar-refractivity contribution in [1.82, 2.24) is 4.98 Å². The van der Waals surface area contributed by atoms with Gasteiger partial charge in [-0.15, -0.1) is 11.3 Å². The van der Waals surface area contributed by atoms with Crippen molar-refractivity contribution in [3.05, 3.63) is 46.7 Å². The van der Waals surface area contributed by atoms with Gasteiger partial charge in [0.15, 0.2) is 0 Å². The Hall–Kier alpha value is -1.75. The van der Waals surface area contributed by atoms with Crippen LogP contribution in [0.4, 0.5) is 10.1 Å². The van der Waals surface area contributed by atoms with E-state index in [-0.39, 0.29) is 5.91 Å². The van der Waals surface area contributed by atoms with Crippen LogP contribution < -0.4 is 5.32 Å². The highest BCUT2D eigenvalue weighted by atomic mass is 32.1. The molecule has 0 saturated heterocycles. The highest BCUT2D eigenvalue weighted by Crippen LogP contribution is 2.11. The SMILES string of the molecule is O=C(Cc1cccs1)Nc1cncc(F)c1. The molecule has 5 heteroatoms. The van der Waals surface area contributed by atoms with Crippen molar-refractivity contribution in [2.75, 3.05) is 5.32 Å². The van der Waals surface area contributed by atoms with Crippen LogP contribution in [0.3, 0.4) is 0 Å². The second kappa shape index (κ2) is 4.85. The highest BCUT2D eigenvalue weighted by Gasteiger charge is 2.05. The molecule has 3 nitrogen and oxygen atoms in total. The normalized spacial score (nSPS) is 10.1. The standard InChI is InChI=1S/C11H9FN2OS/c12-8-4-9(7-13-6-8)14-11(15)5-10-2-1-3-16-10/h1-4,6-7H,5H2,(H,14,15). The molecule has 0 spiro atoms. The number of thiophene rings is 1. The van der Waals surface area contributed by atoms with Crippen LogP contribution in [-0.4, -0.2) is 10.9 Å². The van der Waals surface area contributed by atoms with Crippen LogP contribution in [0.25, 0.3) is 0 Å². The number of hydrogen-bond donors (Lipinski definition) is 1. The van der Waals surface area contributed by atoms with E-state index < -0.39 is 5.82 Å². The first-order valence-corrected chi connectivity index (χ1v) is 5.55. The molecule has 2 heterocycles. The van der Waals surface area contributed by atoms with Crippen molar-refractivity contribution in [2.45, 2.75) is 6.42 Å². The van der Waals surface area contributed by atoms with Crippen LogP contribution in [0.1, 0.15) is 4.88 Å². The molecule has 0 aliphatic heterocycles. The molecule has 1 amide bonds. The maximum Gasteiger partial charge on any atom is 0.229 e. The molecule has 2 aromatic rings. The van der Waals surface area contributed by atoms with E-state index in [4.69, 9.17) is 0 Å². The lowest BCUT2D eigenvalue weighted by atomic mass is 10.3.